The third-order valence-electron chi connectivity index (χ3n) is 8.20. The van der Waals surface area contributed by atoms with E-state index in [0.717, 1.165) is 5.56 Å². The molecular formula is C33H30FN7O4. The summed E-state index contributed by atoms with van der Waals surface area (Å²) in [6, 6.07) is 14.5. The number of H-pyrrole nitrogens is 1. The number of rotatable bonds is 7. The third-order valence-corrected chi connectivity index (χ3v) is 8.20. The molecule has 0 spiro atoms. The van der Waals surface area contributed by atoms with Crippen molar-refractivity contribution < 1.29 is 23.5 Å². The Labute approximate surface area is 257 Å². The number of para-hydroxylation sites is 1. The summed E-state index contributed by atoms with van der Waals surface area (Å²) in [5.74, 6) is 0.129. The number of aromatic nitrogens is 5. The highest BCUT2D eigenvalue weighted by Gasteiger charge is 2.29. The van der Waals surface area contributed by atoms with Gasteiger partial charge in [0.15, 0.2) is 5.82 Å². The summed E-state index contributed by atoms with van der Waals surface area (Å²) in [6.07, 6.45) is 7.71. The number of pyridine rings is 1. The molecule has 0 bridgehead atoms. The number of aromatic amines is 1. The number of aryl methyl sites for hydroxylation is 1. The number of carbonyl (C=O) groups excluding carboxylic acids is 2. The Morgan fingerprint density at radius 3 is 2.80 bits per heavy atom. The van der Waals surface area contributed by atoms with E-state index in [1.807, 2.05) is 30.3 Å². The normalized spacial score (nSPS) is 14.6. The first-order valence-electron chi connectivity index (χ1n) is 14.7. The lowest BCUT2D eigenvalue weighted by atomic mass is 9.93. The number of carbonyl (C=O) groups is 2. The molecule has 0 saturated heterocycles. The van der Waals surface area contributed by atoms with Gasteiger partial charge in [0, 0.05) is 48.4 Å². The Kier molecular flexibility index (Phi) is 7.46. The first kappa shape index (κ1) is 28.3. The van der Waals surface area contributed by atoms with Gasteiger partial charge in [0.2, 0.25) is 11.8 Å². The molecule has 2 aliphatic heterocycles. The molecule has 12 heteroatoms. The van der Waals surface area contributed by atoms with Crippen LogP contribution in [-0.2, 0) is 11.3 Å². The van der Waals surface area contributed by atoms with Crippen molar-refractivity contribution in [2.24, 2.45) is 0 Å². The van der Waals surface area contributed by atoms with Crippen LogP contribution in [0.1, 0.15) is 28.9 Å². The fourth-order valence-corrected chi connectivity index (χ4v) is 5.98. The first-order valence-corrected chi connectivity index (χ1v) is 14.7. The van der Waals surface area contributed by atoms with Crippen LogP contribution in [0.4, 0.5) is 10.1 Å². The molecule has 45 heavy (non-hydrogen) atoms. The molecule has 5 heterocycles. The van der Waals surface area contributed by atoms with Gasteiger partial charge < -0.3 is 19.4 Å². The zero-order valence-corrected chi connectivity index (χ0v) is 24.6. The van der Waals surface area contributed by atoms with Crippen molar-refractivity contribution in [2.75, 3.05) is 38.3 Å². The van der Waals surface area contributed by atoms with Gasteiger partial charge in [-0.15, -0.1) is 5.10 Å². The lowest BCUT2D eigenvalue weighted by molar-refractivity contribution is -0.131. The second kappa shape index (κ2) is 11.9. The second-order valence-corrected chi connectivity index (χ2v) is 10.8. The highest BCUT2D eigenvalue weighted by atomic mass is 19.1. The SMILES string of the molecule is COc1ccccc1-c1cc(C2=CCCN(C(=O)CCn3ccnn3)C2)c(F)c2[nH]c(C(=O)N3CCOc4ncccc43)cc12. The minimum absolute atomic E-state index is 0.0458. The van der Waals surface area contributed by atoms with E-state index in [-0.39, 0.29) is 36.0 Å². The van der Waals surface area contributed by atoms with Gasteiger partial charge in [-0.1, -0.05) is 29.5 Å². The molecule has 0 saturated carbocycles. The number of hydrogen-bond donors (Lipinski definition) is 1. The molecule has 0 aliphatic carbocycles. The van der Waals surface area contributed by atoms with Crippen LogP contribution in [0.2, 0.25) is 0 Å². The van der Waals surface area contributed by atoms with E-state index in [1.54, 1.807) is 64.4 Å². The summed E-state index contributed by atoms with van der Waals surface area (Å²) in [7, 11) is 1.59. The zero-order chi connectivity index (χ0) is 30.9. The van der Waals surface area contributed by atoms with Gasteiger partial charge in [-0.25, -0.2) is 9.37 Å². The second-order valence-electron chi connectivity index (χ2n) is 10.8. The molecule has 2 aliphatic rings. The summed E-state index contributed by atoms with van der Waals surface area (Å²) >= 11 is 0. The van der Waals surface area contributed by atoms with Crippen molar-refractivity contribution in [3.8, 4) is 22.8 Å². The summed E-state index contributed by atoms with van der Waals surface area (Å²) < 4.78 is 29.5. The molecule has 5 aromatic rings. The topological polar surface area (TPSA) is 118 Å². The molecule has 2 amide bonds. The Morgan fingerprint density at radius 1 is 1.07 bits per heavy atom. The minimum atomic E-state index is -0.491. The average molecular weight is 608 g/mol. The van der Waals surface area contributed by atoms with E-state index < -0.39 is 5.82 Å². The van der Waals surface area contributed by atoms with Crippen molar-refractivity contribution in [3.63, 3.8) is 0 Å². The maximum Gasteiger partial charge on any atom is 0.274 e. The quantitative estimate of drug-likeness (QED) is 0.285. The van der Waals surface area contributed by atoms with E-state index in [2.05, 4.69) is 20.3 Å². The number of anilines is 1. The molecule has 0 atom stereocenters. The Bertz CT molecular complexity index is 1930. The van der Waals surface area contributed by atoms with Crippen molar-refractivity contribution >= 4 is 34.0 Å². The highest BCUT2D eigenvalue weighted by molar-refractivity contribution is 6.10. The van der Waals surface area contributed by atoms with Gasteiger partial charge in [0.25, 0.3) is 5.91 Å². The van der Waals surface area contributed by atoms with E-state index in [4.69, 9.17) is 9.47 Å². The fourth-order valence-electron chi connectivity index (χ4n) is 5.98. The van der Waals surface area contributed by atoms with E-state index in [0.29, 0.717) is 72.1 Å². The molecule has 3 aromatic heterocycles. The monoisotopic (exact) mass is 607 g/mol. The predicted octanol–water partition coefficient (Wildman–Crippen LogP) is 4.71. The molecule has 0 fully saturated rings. The van der Waals surface area contributed by atoms with E-state index >= 15 is 4.39 Å². The number of fused-ring (bicyclic) bond motifs is 2. The zero-order valence-electron chi connectivity index (χ0n) is 24.6. The third kappa shape index (κ3) is 5.28. The first-order chi connectivity index (χ1) is 22.0. The van der Waals surface area contributed by atoms with E-state index in [9.17, 15) is 9.59 Å². The summed E-state index contributed by atoms with van der Waals surface area (Å²) in [4.78, 5) is 37.7. The van der Waals surface area contributed by atoms with Gasteiger partial charge in [0.1, 0.15) is 23.7 Å². The molecule has 2 aromatic carbocycles. The van der Waals surface area contributed by atoms with E-state index in [1.165, 1.54) is 0 Å². The number of halogens is 1. The molecule has 0 unspecified atom stereocenters. The van der Waals surface area contributed by atoms with Gasteiger partial charge in [0.05, 0.1) is 31.9 Å². The largest absolute Gasteiger partial charge is 0.496 e. The Morgan fingerprint density at radius 2 is 1.96 bits per heavy atom. The van der Waals surface area contributed by atoms with Crippen LogP contribution in [-0.4, -0.2) is 75.0 Å². The number of benzene rings is 2. The fraction of sp³-hybridized carbons (Fsp3) is 0.242. The van der Waals surface area contributed by atoms with Crippen LogP contribution in [0.25, 0.3) is 27.6 Å². The van der Waals surface area contributed by atoms with Crippen LogP contribution in [0.15, 0.2) is 73.2 Å². The maximum absolute atomic E-state index is 16.6. The van der Waals surface area contributed by atoms with Gasteiger partial charge in [-0.05, 0) is 47.9 Å². The summed E-state index contributed by atoms with van der Waals surface area (Å²) in [5.41, 5.74) is 3.50. The van der Waals surface area contributed by atoms with Crippen molar-refractivity contribution in [1.82, 2.24) is 29.9 Å². The number of nitrogens with zero attached hydrogens (tertiary/aromatic N) is 6. The lowest BCUT2D eigenvalue weighted by Crippen LogP contribution is -2.38. The number of ether oxygens (including phenoxy) is 2. The molecule has 11 nitrogen and oxygen atoms in total. The molecule has 1 N–H and O–H groups in total. The van der Waals surface area contributed by atoms with Crippen LogP contribution in [0, 0.1) is 5.82 Å². The number of amides is 2. The highest BCUT2D eigenvalue weighted by Crippen LogP contribution is 2.40. The van der Waals surface area contributed by atoms with Gasteiger partial charge in [-0.3, -0.25) is 19.2 Å². The van der Waals surface area contributed by atoms with Crippen LogP contribution in [0.3, 0.4) is 0 Å². The summed E-state index contributed by atoms with van der Waals surface area (Å²) in [6.45, 7) is 1.83. The smallest absolute Gasteiger partial charge is 0.274 e. The molecule has 7 rings (SSSR count). The van der Waals surface area contributed by atoms with Crippen LogP contribution >= 0.6 is 0 Å². The summed E-state index contributed by atoms with van der Waals surface area (Å²) in [5, 5.41) is 8.26. The molecule has 0 radical (unpaired) electrons. The minimum Gasteiger partial charge on any atom is -0.496 e. The number of nitrogens with one attached hydrogen (secondary N) is 1. The lowest BCUT2D eigenvalue weighted by Gasteiger charge is -2.28. The van der Waals surface area contributed by atoms with Crippen LogP contribution < -0.4 is 14.4 Å². The van der Waals surface area contributed by atoms with Crippen LogP contribution in [0.5, 0.6) is 11.6 Å². The van der Waals surface area contributed by atoms with Crippen molar-refractivity contribution in [2.45, 2.75) is 19.4 Å². The van der Waals surface area contributed by atoms with Crippen molar-refractivity contribution in [1.29, 1.82) is 0 Å². The number of hydrogen-bond acceptors (Lipinski definition) is 7. The molecule has 228 valence electrons. The van der Waals surface area contributed by atoms with Crippen molar-refractivity contribution in [3.05, 3.63) is 90.3 Å². The maximum atomic E-state index is 16.6. The molecular weight excluding hydrogens is 577 g/mol. The van der Waals surface area contributed by atoms with Gasteiger partial charge >= 0.3 is 0 Å². The average Bonchev–Trinajstić information content (AvgIpc) is 3.78. The Balaban J connectivity index is 1.28. The standard InChI is InChI=1S/C33H30FN7O4/c1-44-28-9-3-2-7-22(28)24-18-23(21-6-5-13-39(20-21)29(42)10-14-40-15-12-36-38-40)30(34)31-25(24)19-26(37-31)33(43)41-16-17-45-32-27(41)8-4-11-35-32/h2-4,6-9,11-12,15,18-19,37H,5,10,13-14,16-17,20H2,1H3. The van der Waals surface area contributed by atoms with Gasteiger partial charge in [-0.2, -0.15) is 0 Å². The number of methoxy groups -OCH3 is 1. The predicted molar refractivity (Wildman–Crippen MR) is 165 cm³/mol. The Hall–Kier alpha value is -5.52.